The maximum Gasteiger partial charge on any atom is 0.355 e. The number of anilines is 2. The third kappa shape index (κ3) is 6.85. The second-order valence-corrected chi connectivity index (χ2v) is 13.7. The molecule has 1 fully saturated rings. The summed E-state index contributed by atoms with van der Waals surface area (Å²) in [5.41, 5.74) is 6.18. The molecule has 52 heavy (non-hydrogen) atoms. The molecule has 1 unspecified atom stereocenters. The molecule has 2 N–H and O–H groups in total. The van der Waals surface area contributed by atoms with Gasteiger partial charge in [-0.1, -0.05) is 53.8 Å². The first-order valence-corrected chi connectivity index (χ1v) is 17.9. The number of thiazole rings is 1. The summed E-state index contributed by atoms with van der Waals surface area (Å²) in [4.78, 5) is 37.4. The fourth-order valence-electron chi connectivity index (χ4n) is 6.71. The third-order valence-electron chi connectivity index (χ3n) is 9.43. The summed E-state index contributed by atoms with van der Waals surface area (Å²) in [6.07, 6.45) is 2.24. The Balaban J connectivity index is 1.01. The second-order valence-electron chi connectivity index (χ2n) is 12.7. The van der Waals surface area contributed by atoms with Gasteiger partial charge in [-0.05, 0) is 60.9 Å². The normalized spacial score (nSPS) is 15.7. The monoisotopic (exact) mass is 716 g/mol. The quantitative estimate of drug-likeness (QED) is 0.168. The van der Waals surface area contributed by atoms with E-state index in [1.165, 1.54) is 11.3 Å². The number of rotatable bonds is 10. The summed E-state index contributed by atoms with van der Waals surface area (Å²) in [5, 5.41) is 18.5. The molecule has 0 aliphatic carbocycles. The average molecular weight is 717 g/mol. The number of pyridine rings is 1. The Bertz CT molecular complexity index is 2250. The Labute approximate surface area is 303 Å². The number of benzene rings is 3. The van der Waals surface area contributed by atoms with Gasteiger partial charge in [0.25, 0.3) is 5.91 Å². The number of carboxylic acids is 1. The lowest BCUT2D eigenvalue weighted by Crippen LogP contribution is -2.33. The van der Waals surface area contributed by atoms with Crippen molar-refractivity contribution in [2.24, 2.45) is 0 Å². The van der Waals surface area contributed by atoms with Crippen molar-refractivity contribution in [2.75, 3.05) is 43.2 Å². The molecule has 0 spiro atoms. The Morgan fingerprint density at radius 1 is 1.00 bits per heavy atom. The van der Waals surface area contributed by atoms with Crippen molar-refractivity contribution in [1.82, 2.24) is 19.7 Å². The number of carbonyl (C=O) groups is 2. The fraction of sp³-hybridized carbons (Fsp3) is 0.256. The molecule has 1 atom stereocenters. The summed E-state index contributed by atoms with van der Waals surface area (Å²) in [6, 6.07) is 24.9. The third-order valence-corrected chi connectivity index (χ3v) is 10.4. The molecule has 0 bridgehead atoms. The van der Waals surface area contributed by atoms with Gasteiger partial charge in [0.2, 0.25) is 0 Å². The first-order valence-electron chi connectivity index (χ1n) is 17.1. The number of nitrogens with one attached hydrogen (secondary N) is 1. The van der Waals surface area contributed by atoms with Crippen molar-refractivity contribution in [3.63, 3.8) is 0 Å². The van der Waals surface area contributed by atoms with Crippen molar-refractivity contribution in [3.8, 4) is 16.9 Å². The van der Waals surface area contributed by atoms with E-state index in [1.807, 2.05) is 89.3 Å². The lowest BCUT2D eigenvalue weighted by atomic mass is 9.94. The maximum atomic E-state index is 13.5. The van der Waals surface area contributed by atoms with Crippen LogP contribution in [-0.2, 0) is 29.0 Å². The highest BCUT2D eigenvalue weighted by Gasteiger charge is 2.26. The van der Waals surface area contributed by atoms with Crippen molar-refractivity contribution < 1.29 is 28.9 Å². The number of para-hydroxylation sites is 2. The van der Waals surface area contributed by atoms with Crippen LogP contribution in [0.5, 0.6) is 5.75 Å². The summed E-state index contributed by atoms with van der Waals surface area (Å²) in [6.45, 7) is 5.40. The second kappa shape index (κ2) is 14.5. The molecule has 2 aliphatic rings. The lowest BCUT2D eigenvalue weighted by Gasteiger charge is -2.31. The zero-order valence-corrected chi connectivity index (χ0v) is 29.3. The number of hydrogen-bond acceptors (Lipinski definition) is 10. The minimum atomic E-state index is -1.13. The van der Waals surface area contributed by atoms with Gasteiger partial charge in [-0.25, -0.2) is 14.8 Å². The molecule has 12 nitrogen and oxygen atoms in total. The number of fused-ring (bicyclic) bond motifs is 2. The first-order chi connectivity index (χ1) is 25.4. The van der Waals surface area contributed by atoms with E-state index in [-0.39, 0.29) is 17.7 Å². The Morgan fingerprint density at radius 2 is 1.87 bits per heavy atom. The summed E-state index contributed by atoms with van der Waals surface area (Å²) >= 11 is 1.43. The number of nitrogens with zero attached hydrogens (tertiary/aromatic N) is 5. The van der Waals surface area contributed by atoms with Crippen LogP contribution in [-0.4, -0.2) is 75.8 Å². The zero-order chi connectivity index (χ0) is 35.6. The van der Waals surface area contributed by atoms with Gasteiger partial charge in [0.05, 0.1) is 42.8 Å². The van der Waals surface area contributed by atoms with E-state index in [9.17, 15) is 14.7 Å². The van der Waals surface area contributed by atoms with Gasteiger partial charge in [-0.2, -0.15) is 5.10 Å². The van der Waals surface area contributed by atoms with Crippen LogP contribution in [0.3, 0.4) is 0 Å². The molecule has 5 heterocycles. The average Bonchev–Trinajstić information content (AvgIpc) is 3.76. The van der Waals surface area contributed by atoms with E-state index in [1.54, 1.807) is 12.3 Å². The zero-order valence-electron chi connectivity index (χ0n) is 28.4. The number of aromatic carboxylic acids is 1. The molecule has 2 aliphatic heterocycles. The van der Waals surface area contributed by atoms with E-state index in [2.05, 4.69) is 20.4 Å². The number of amides is 1. The SMILES string of the molecule is Cc1c(-c2ccc(N3CCc4cccc(C(=O)Nc5nc6ccccc6s5)c4C3)nc2C(=O)O)cnn1Cc1ccccc1OCC1COCCO1. The molecule has 0 saturated carbocycles. The van der Waals surface area contributed by atoms with Crippen molar-refractivity contribution >= 4 is 44.4 Å². The van der Waals surface area contributed by atoms with Crippen LogP contribution in [0.2, 0.25) is 0 Å². The van der Waals surface area contributed by atoms with E-state index in [4.69, 9.17) is 14.2 Å². The Kier molecular flexibility index (Phi) is 9.37. The molecule has 3 aromatic heterocycles. The number of aromatic nitrogens is 4. The van der Waals surface area contributed by atoms with Gasteiger partial charge < -0.3 is 24.2 Å². The van der Waals surface area contributed by atoms with E-state index >= 15 is 0 Å². The van der Waals surface area contributed by atoms with Crippen LogP contribution in [0.4, 0.5) is 10.9 Å². The predicted molar refractivity (Wildman–Crippen MR) is 198 cm³/mol. The number of carbonyl (C=O) groups excluding carboxylic acids is 1. The highest BCUT2D eigenvalue weighted by atomic mass is 32.1. The summed E-state index contributed by atoms with van der Waals surface area (Å²) in [7, 11) is 0. The Morgan fingerprint density at radius 3 is 2.71 bits per heavy atom. The smallest absolute Gasteiger partial charge is 0.355 e. The van der Waals surface area contributed by atoms with E-state index < -0.39 is 5.97 Å². The van der Waals surface area contributed by atoms with Gasteiger partial charge in [0.15, 0.2) is 10.8 Å². The van der Waals surface area contributed by atoms with Crippen LogP contribution in [0, 0.1) is 6.92 Å². The van der Waals surface area contributed by atoms with Crippen LogP contribution in [0.1, 0.15) is 43.2 Å². The van der Waals surface area contributed by atoms with Crippen LogP contribution >= 0.6 is 11.3 Å². The molecule has 1 saturated heterocycles. The molecule has 1 amide bonds. The van der Waals surface area contributed by atoms with Crippen molar-refractivity contribution in [1.29, 1.82) is 0 Å². The molecular weight excluding hydrogens is 681 g/mol. The highest BCUT2D eigenvalue weighted by molar-refractivity contribution is 7.22. The number of hydrogen-bond donors (Lipinski definition) is 2. The summed E-state index contributed by atoms with van der Waals surface area (Å²) < 4.78 is 20.2. The molecule has 6 aromatic rings. The Hall–Kier alpha value is -5.63. The minimum absolute atomic E-state index is 0.0637. The number of carboxylic acid groups (broad SMARTS) is 1. The minimum Gasteiger partial charge on any atom is -0.490 e. The standard InChI is InChI=1S/C39H36N6O6S/c1-24-30(19-40-45(24)20-26-7-2-4-11-33(26)51-23-27-22-49-17-18-50-27)28-13-14-35(42-36(28)38(47)48)44-16-15-25-8-6-9-29(31(25)21-44)37(46)43-39-41-32-10-3-5-12-34(32)52-39/h2-14,19,27H,15-18,20-23H2,1H3,(H,47,48)(H,41,43,46). The van der Waals surface area contributed by atoms with Gasteiger partial charge in [-0.3, -0.25) is 14.8 Å². The molecular formula is C39H36N6O6S. The van der Waals surface area contributed by atoms with E-state index in [0.717, 1.165) is 38.4 Å². The largest absolute Gasteiger partial charge is 0.490 e. The van der Waals surface area contributed by atoms with Gasteiger partial charge in [0.1, 0.15) is 24.3 Å². The summed E-state index contributed by atoms with van der Waals surface area (Å²) in [5.74, 6) is -0.116. The fourth-order valence-corrected chi connectivity index (χ4v) is 7.57. The van der Waals surface area contributed by atoms with Crippen LogP contribution in [0.15, 0.2) is 85.1 Å². The molecule has 264 valence electrons. The molecule has 8 rings (SSSR count). The van der Waals surface area contributed by atoms with Crippen LogP contribution < -0.4 is 15.0 Å². The number of ether oxygens (including phenoxy) is 3. The van der Waals surface area contributed by atoms with E-state index in [0.29, 0.717) is 80.1 Å². The molecule has 13 heteroatoms. The van der Waals surface area contributed by atoms with Crippen LogP contribution in [0.25, 0.3) is 21.3 Å². The van der Waals surface area contributed by atoms with Gasteiger partial charge in [0, 0.05) is 41.0 Å². The first kappa shape index (κ1) is 33.5. The molecule has 3 aromatic carbocycles. The predicted octanol–water partition coefficient (Wildman–Crippen LogP) is 6.22. The van der Waals surface area contributed by atoms with Crippen molar-refractivity contribution in [2.45, 2.75) is 32.5 Å². The van der Waals surface area contributed by atoms with Gasteiger partial charge in [-0.15, -0.1) is 0 Å². The highest BCUT2D eigenvalue weighted by Crippen LogP contribution is 2.33. The van der Waals surface area contributed by atoms with Crippen molar-refractivity contribution in [3.05, 3.63) is 119 Å². The maximum absolute atomic E-state index is 13.5. The molecule has 0 radical (unpaired) electrons. The van der Waals surface area contributed by atoms with Gasteiger partial charge >= 0.3 is 5.97 Å². The topological polar surface area (TPSA) is 141 Å². The lowest BCUT2D eigenvalue weighted by molar-refractivity contribution is -0.101.